The molecule has 0 N–H and O–H groups in total. The molecule has 2 rings (SSSR count). The van der Waals surface area contributed by atoms with Crippen molar-refractivity contribution in [2.45, 2.75) is 41.2 Å². The van der Waals surface area contributed by atoms with Gasteiger partial charge in [0.2, 0.25) is 0 Å². The largest absolute Gasteiger partial charge is 0.307 e. The van der Waals surface area contributed by atoms with Gasteiger partial charge >= 0.3 is 4.87 Å². The van der Waals surface area contributed by atoms with Gasteiger partial charge in [-0.3, -0.25) is 14.2 Å². The van der Waals surface area contributed by atoms with Crippen LogP contribution >= 0.6 is 11.3 Å². The van der Waals surface area contributed by atoms with Crippen LogP contribution in [0.4, 0.5) is 0 Å². The molecule has 0 fully saturated rings. The number of thiazole rings is 1. The van der Waals surface area contributed by atoms with E-state index in [-0.39, 0.29) is 17.2 Å². The lowest BCUT2D eigenvalue weighted by Crippen LogP contribution is -2.21. The predicted molar refractivity (Wildman–Crippen MR) is 83.0 cm³/mol. The molecule has 0 unspecified atom stereocenters. The zero-order valence-electron chi connectivity index (χ0n) is 12.5. The second kappa shape index (κ2) is 5.37. The number of nitrogens with zero attached hydrogens (tertiary/aromatic N) is 1. The number of carbonyl (C=O) groups is 1. The van der Waals surface area contributed by atoms with Crippen LogP contribution in [0.2, 0.25) is 0 Å². The van der Waals surface area contributed by atoms with E-state index in [0.29, 0.717) is 5.56 Å². The van der Waals surface area contributed by atoms with Crippen LogP contribution in [0.25, 0.3) is 0 Å². The molecule has 106 valence electrons. The minimum absolute atomic E-state index is 0.00593. The van der Waals surface area contributed by atoms with Crippen LogP contribution < -0.4 is 4.87 Å². The molecule has 0 saturated heterocycles. The Balaban J connectivity index is 2.38. The van der Waals surface area contributed by atoms with Crippen molar-refractivity contribution in [2.75, 3.05) is 0 Å². The third-order valence-electron chi connectivity index (χ3n) is 3.82. The fraction of sp³-hybridized carbons (Fsp3) is 0.375. The van der Waals surface area contributed by atoms with E-state index >= 15 is 0 Å². The first kappa shape index (κ1) is 14.7. The lowest BCUT2D eigenvalue weighted by Gasteiger charge is -2.10. The fourth-order valence-electron chi connectivity index (χ4n) is 2.26. The number of hydrogen-bond acceptors (Lipinski definition) is 3. The van der Waals surface area contributed by atoms with Crippen LogP contribution in [0.1, 0.15) is 37.6 Å². The standard InChI is InChI=1S/C16H19NO2S/c1-9-6-11(3)14(7-10(9)2)15(18)8-17-12(4)13(5)20-16(17)19/h6-7H,8H2,1-5H3. The lowest BCUT2D eigenvalue weighted by atomic mass is 9.98. The Bertz CT molecular complexity index is 738. The minimum Gasteiger partial charge on any atom is -0.295 e. The summed E-state index contributed by atoms with van der Waals surface area (Å²) in [6.07, 6.45) is 0. The first-order valence-electron chi connectivity index (χ1n) is 6.59. The van der Waals surface area contributed by atoms with Gasteiger partial charge in [-0.1, -0.05) is 17.4 Å². The van der Waals surface area contributed by atoms with Gasteiger partial charge in [0, 0.05) is 16.1 Å². The fourth-order valence-corrected chi connectivity index (χ4v) is 3.09. The summed E-state index contributed by atoms with van der Waals surface area (Å²) >= 11 is 1.20. The SMILES string of the molecule is Cc1cc(C)c(C(=O)Cn2c(C)c(C)sc2=O)cc1C. The number of hydrogen-bond donors (Lipinski definition) is 0. The molecule has 0 radical (unpaired) electrons. The molecule has 1 aromatic heterocycles. The van der Waals surface area contributed by atoms with Gasteiger partial charge in [0.1, 0.15) is 0 Å². The van der Waals surface area contributed by atoms with E-state index in [1.54, 1.807) is 4.57 Å². The molecular weight excluding hydrogens is 270 g/mol. The van der Waals surface area contributed by atoms with Crippen LogP contribution in [0.5, 0.6) is 0 Å². The summed E-state index contributed by atoms with van der Waals surface area (Å²) in [4.78, 5) is 25.2. The third kappa shape index (κ3) is 2.61. The molecule has 0 spiro atoms. The van der Waals surface area contributed by atoms with E-state index in [2.05, 4.69) is 0 Å². The van der Waals surface area contributed by atoms with Gasteiger partial charge in [-0.05, 0) is 57.4 Å². The van der Waals surface area contributed by atoms with Crippen LogP contribution in [-0.4, -0.2) is 10.4 Å². The molecule has 20 heavy (non-hydrogen) atoms. The first-order valence-corrected chi connectivity index (χ1v) is 7.40. The molecule has 0 atom stereocenters. The van der Waals surface area contributed by atoms with Gasteiger partial charge in [0.25, 0.3) is 0 Å². The number of rotatable bonds is 3. The van der Waals surface area contributed by atoms with Crippen molar-refractivity contribution in [3.8, 4) is 0 Å². The smallest absolute Gasteiger partial charge is 0.295 e. The Hall–Kier alpha value is -1.68. The Labute approximate surface area is 122 Å². The average molecular weight is 289 g/mol. The maximum Gasteiger partial charge on any atom is 0.307 e. The van der Waals surface area contributed by atoms with Gasteiger partial charge in [-0.15, -0.1) is 0 Å². The van der Waals surface area contributed by atoms with Gasteiger partial charge in [-0.2, -0.15) is 0 Å². The van der Waals surface area contributed by atoms with Crippen molar-refractivity contribution in [3.05, 3.63) is 54.6 Å². The van der Waals surface area contributed by atoms with Crippen molar-refractivity contribution >= 4 is 17.1 Å². The van der Waals surface area contributed by atoms with Crippen molar-refractivity contribution < 1.29 is 4.79 Å². The Morgan fingerprint density at radius 1 is 1.05 bits per heavy atom. The number of Topliss-reactive ketones (excluding diaryl/α,β-unsaturated/α-hetero) is 1. The second-order valence-electron chi connectivity index (χ2n) is 5.27. The van der Waals surface area contributed by atoms with E-state index in [0.717, 1.165) is 21.7 Å². The maximum absolute atomic E-state index is 12.5. The van der Waals surface area contributed by atoms with Gasteiger partial charge in [0.15, 0.2) is 5.78 Å². The third-order valence-corrected chi connectivity index (χ3v) is 4.81. The van der Waals surface area contributed by atoms with Gasteiger partial charge in [-0.25, -0.2) is 0 Å². The quantitative estimate of drug-likeness (QED) is 0.813. The highest BCUT2D eigenvalue weighted by atomic mass is 32.1. The highest BCUT2D eigenvalue weighted by Crippen LogP contribution is 2.17. The van der Waals surface area contributed by atoms with E-state index in [9.17, 15) is 9.59 Å². The number of carbonyl (C=O) groups excluding carboxylic acids is 1. The lowest BCUT2D eigenvalue weighted by molar-refractivity contribution is 0.0970. The van der Waals surface area contributed by atoms with E-state index in [1.165, 1.54) is 16.9 Å². The molecule has 0 aliphatic heterocycles. The van der Waals surface area contributed by atoms with Crippen molar-refractivity contribution in [1.82, 2.24) is 4.57 Å². The highest BCUT2D eigenvalue weighted by Gasteiger charge is 2.15. The number of benzene rings is 1. The molecule has 0 aliphatic rings. The molecule has 0 saturated carbocycles. The summed E-state index contributed by atoms with van der Waals surface area (Å²) in [6.45, 7) is 9.88. The molecule has 2 aromatic rings. The zero-order valence-corrected chi connectivity index (χ0v) is 13.4. The molecule has 0 aliphatic carbocycles. The maximum atomic E-state index is 12.5. The molecule has 1 heterocycles. The zero-order chi connectivity index (χ0) is 15.0. The average Bonchev–Trinajstić information content (AvgIpc) is 2.60. The molecular formula is C16H19NO2S. The van der Waals surface area contributed by atoms with Crippen LogP contribution in [0, 0.1) is 34.6 Å². The van der Waals surface area contributed by atoms with Crippen LogP contribution in [0.15, 0.2) is 16.9 Å². The monoisotopic (exact) mass is 289 g/mol. The summed E-state index contributed by atoms with van der Waals surface area (Å²) in [5.74, 6) is -0.00593. The first-order chi connectivity index (χ1) is 9.31. The Morgan fingerprint density at radius 2 is 1.65 bits per heavy atom. The predicted octanol–water partition coefficient (Wildman–Crippen LogP) is 3.33. The topological polar surface area (TPSA) is 39.1 Å². The van der Waals surface area contributed by atoms with Crippen LogP contribution in [0.3, 0.4) is 0 Å². The Morgan fingerprint density at radius 3 is 2.20 bits per heavy atom. The van der Waals surface area contributed by atoms with E-state index in [1.807, 2.05) is 46.8 Å². The summed E-state index contributed by atoms with van der Waals surface area (Å²) in [5.41, 5.74) is 4.84. The molecule has 3 nitrogen and oxygen atoms in total. The van der Waals surface area contributed by atoms with Crippen molar-refractivity contribution in [1.29, 1.82) is 0 Å². The summed E-state index contributed by atoms with van der Waals surface area (Å²) in [5, 5.41) is 0. The minimum atomic E-state index is -0.0603. The number of aromatic nitrogens is 1. The molecule has 1 aromatic carbocycles. The van der Waals surface area contributed by atoms with E-state index < -0.39 is 0 Å². The number of ketones is 1. The van der Waals surface area contributed by atoms with Crippen molar-refractivity contribution in [2.24, 2.45) is 0 Å². The molecule has 0 bridgehead atoms. The normalized spacial score (nSPS) is 10.8. The van der Waals surface area contributed by atoms with E-state index in [4.69, 9.17) is 0 Å². The Kier molecular flexibility index (Phi) is 3.95. The number of aryl methyl sites for hydroxylation is 4. The van der Waals surface area contributed by atoms with Crippen molar-refractivity contribution in [3.63, 3.8) is 0 Å². The van der Waals surface area contributed by atoms with Crippen LogP contribution in [-0.2, 0) is 6.54 Å². The highest BCUT2D eigenvalue weighted by molar-refractivity contribution is 7.09. The summed E-state index contributed by atoms with van der Waals surface area (Å²) in [6, 6.07) is 3.95. The summed E-state index contributed by atoms with van der Waals surface area (Å²) in [7, 11) is 0. The summed E-state index contributed by atoms with van der Waals surface area (Å²) < 4.78 is 1.57. The van der Waals surface area contributed by atoms with Gasteiger partial charge < -0.3 is 0 Å². The van der Waals surface area contributed by atoms with Gasteiger partial charge in [0.05, 0.1) is 6.54 Å². The second-order valence-corrected chi connectivity index (χ2v) is 6.44. The molecule has 4 heteroatoms. The molecule has 0 amide bonds.